The van der Waals surface area contributed by atoms with Gasteiger partial charge in [0, 0.05) is 27.2 Å². The van der Waals surface area contributed by atoms with Crippen LogP contribution in [-0.4, -0.2) is 38.0 Å². The molecule has 0 aromatic heterocycles. The minimum atomic E-state index is 0.479. The molecule has 0 aliphatic rings. The van der Waals surface area contributed by atoms with Gasteiger partial charge < -0.3 is 10.2 Å². The van der Waals surface area contributed by atoms with E-state index < -0.39 is 0 Å². The van der Waals surface area contributed by atoms with E-state index in [1.54, 1.807) is 0 Å². The molecule has 0 bridgehead atoms. The summed E-state index contributed by atoms with van der Waals surface area (Å²) in [6, 6.07) is 8.78. The highest BCUT2D eigenvalue weighted by molar-refractivity contribution is 5.79. The molecule has 1 atom stereocenters. The first-order valence-corrected chi connectivity index (χ1v) is 7.56. The van der Waals surface area contributed by atoms with Crippen molar-refractivity contribution in [1.82, 2.24) is 10.2 Å². The number of guanidine groups is 1. The molecule has 0 aliphatic carbocycles. The van der Waals surface area contributed by atoms with E-state index in [0.717, 1.165) is 19.0 Å². The smallest absolute Gasteiger partial charge is 0.193 e. The maximum atomic E-state index is 4.35. The SMILES string of the molecule is CCCCN(C)C(=NC)NCC(C)c1ccc(C)cc1. The molecule has 1 unspecified atom stereocenters. The molecule has 0 saturated carbocycles. The van der Waals surface area contributed by atoms with Crippen molar-refractivity contribution in [2.75, 3.05) is 27.2 Å². The van der Waals surface area contributed by atoms with Crippen molar-refractivity contribution >= 4 is 5.96 Å². The summed E-state index contributed by atoms with van der Waals surface area (Å²) in [5.74, 6) is 1.46. The van der Waals surface area contributed by atoms with Crippen molar-refractivity contribution in [2.45, 2.75) is 39.5 Å². The van der Waals surface area contributed by atoms with Gasteiger partial charge in [0.25, 0.3) is 0 Å². The van der Waals surface area contributed by atoms with E-state index in [1.807, 2.05) is 7.05 Å². The van der Waals surface area contributed by atoms with Crippen molar-refractivity contribution in [3.63, 3.8) is 0 Å². The predicted octanol–water partition coefficient (Wildman–Crippen LogP) is 3.41. The van der Waals surface area contributed by atoms with Gasteiger partial charge in [-0.15, -0.1) is 0 Å². The summed E-state index contributed by atoms with van der Waals surface area (Å²) < 4.78 is 0. The highest BCUT2D eigenvalue weighted by atomic mass is 15.3. The van der Waals surface area contributed by atoms with Crippen LogP contribution in [-0.2, 0) is 0 Å². The topological polar surface area (TPSA) is 27.6 Å². The van der Waals surface area contributed by atoms with Gasteiger partial charge >= 0.3 is 0 Å². The highest BCUT2D eigenvalue weighted by Crippen LogP contribution is 2.14. The molecule has 1 aromatic carbocycles. The van der Waals surface area contributed by atoms with E-state index in [1.165, 1.54) is 24.0 Å². The van der Waals surface area contributed by atoms with Crippen LogP contribution in [0.2, 0.25) is 0 Å². The number of benzene rings is 1. The van der Waals surface area contributed by atoms with E-state index in [4.69, 9.17) is 0 Å². The van der Waals surface area contributed by atoms with Crippen LogP contribution in [0.15, 0.2) is 29.3 Å². The monoisotopic (exact) mass is 275 g/mol. The van der Waals surface area contributed by atoms with Gasteiger partial charge in [0.15, 0.2) is 5.96 Å². The molecule has 0 saturated heterocycles. The fourth-order valence-corrected chi connectivity index (χ4v) is 2.14. The normalized spacial score (nSPS) is 13.2. The van der Waals surface area contributed by atoms with Crippen LogP contribution in [0.5, 0.6) is 0 Å². The summed E-state index contributed by atoms with van der Waals surface area (Å²) in [7, 11) is 3.95. The van der Waals surface area contributed by atoms with Crippen molar-refractivity contribution in [3.8, 4) is 0 Å². The molecule has 0 fully saturated rings. The number of hydrogen-bond donors (Lipinski definition) is 1. The zero-order valence-electron chi connectivity index (χ0n) is 13.6. The Morgan fingerprint density at radius 3 is 2.50 bits per heavy atom. The van der Waals surface area contributed by atoms with E-state index in [2.05, 4.69) is 67.3 Å². The third-order valence-electron chi connectivity index (χ3n) is 3.63. The molecular formula is C17H29N3. The number of aliphatic imine (C=N–C) groups is 1. The van der Waals surface area contributed by atoms with Gasteiger partial charge in [-0.3, -0.25) is 4.99 Å². The lowest BCUT2D eigenvalue weighted by Gasteiger charge is -2.23. The van der Waals surface area contributed by atoms with Crippen molar-refractivity contribution in [3.05, 3.63) is 35.4 Å². The number of unbranched alkanes of at least 4 members (excludes halogenated alkanes) is 1. The molecule has 0 aliphatic heterocycles. The van der Waals surface area contributed by atoms with Crippen molar-refractivity contribution < 1.29 is 0 Å². The Hall–Kier alpha value is -1.51. The fourth-order valence-electron chi connectivity index (χ4n) is 2.14. The summed E-state index contributed by atoms with van der Waals surface area (Å²) in [5, 5.41) is 3.47. The van der Waals surface area contributed by atoms with Crippen LogP contribution >= 0.6 is 0 Å². The molecule has 3 nitrogen and oxygen atoms in total. The van der Waals surface area contributed by atoms with Crippen LogP contribution < -0.4 is 5.32 Å². The number of nitrogens with one attached hydrogen (secondary N) is 1. The van der Waals surface area contributed by atoms with Gasteiger partial charge in [-0.1, -0.05) is 50.1 Å². The Balaban J connectivity index is 2.49. The largest absolute Gasteiger partial charge is 0.356 e. The standard InChI is InChI=1S/C17H29N3/c1-6-7-12-20(5)17(18-4)19-13-15(3)16-10-8-14(2)9-11-16/h8-11,15H,6-7,12-13H2,1-5H3,(H,18,19). The zero-order chi connectivity index (χ0) is 15.0. The molecule has 0 radical (unpaired) electrons. The molecule has 1 rings (SSSR count). The second-order valence-electron chi connectivity index (χ2n) is 5.51. The van der Waals surface area contributed by atoms with E-state index in [0.29, 0.717) is 5.92 Å². The molecule has 20 heavy (non-hydrogen) atoms. The quantitative estimate of drug-likeness (QED) is 0.636. The minimum absolute atomic E-state index is 0.479. The summed E-state index contributed by atoms with van der Waals surface area (Å²) >= 11 is 0. The Morgan fingerprint density at radius 2 is 1.95 bits per heavy atom. The lowest BCUT2D eigenvalue weighted by molar-refractivity contribution is 0.462. The predicted molar refractivity (Wildman–Crippen MR) is 88.5 cm³/mol. The van der Waals surface area contributed by atoms with Crippen molar-refractivity contribution in [2.24, 2.45) is 4.99 Å². The molecule has 0 heterocycles. The van der Waals surface area contributed by atoms with Crippen molar-refractivity contribution in [1.29, 1.82) is 0 Å². The summed E-state index contributed by atoms with van der Waals surface area (Å²) in [4.78, 5) is 6.55. The van der Waals surface area contributed by atoms with Gasteiger partial charge in [-0.25, -0.2) is 0 Å². The van der Waals surface area contributed by atoms with E-state index in [9.17, 15) is 0 Å². The molecule has 0 amide bonds. The maximum absolute atomic E-state index is 4.35. The maximum Gasteiger partial charge on any atom is 0.193 e. The highest BCUT2D eigenvalue weighted by Gasteiger charge is 2.09. The molecule has 0 spiro atoms. The van der Waals surface area contributed by atoms with Gasteiger partial charge in [-0.2, -0.15) is 0 Å². The molecule has 1 N–H and O–H groups in total. The van der Waals surface area contributed by atoms with Crippen LogP contribution in [0.25, 0.3) is 0 Å². The number of nitrogens with zero attached hydrogens (tertiary/aromatic N) is 2. The van der Waals surface area contributed by atoms with Gasteiger partial charge in [-0.05, 0) is 24.8 Å². The number of rotatable bonds is 6. The first-order chi connectivity index (χ1) is 9.58. The minimum Gasteiger partial charge on any atom is -0.356 e. The first-order valence-electron chi connectivity index (χ1n) is 7.56. The summed E-state index contributed by atoms with van der Waals surface area (Å²) in [5.41, 5.74) is 2.68. The first kappa shape index (κ1) is 16.5. The second kappa shape index (κ2) is 8.62. The average Bonchev–Trinajstić information content (AvgIpc) is 2.46. The molecule has 1 aromatic rings. The Kier molecular flexibility index (Phi) is 7.13. The lowest BCUT2D eigenvalue weighted by atomic mass is 10.0. The molecular weight excluding hydrogens is 246 g/mol. The number of hydrogen-bond acceptors (Lipinski definition) is 1. The van der Waals surface area contributed by atoms with Gasteiger partial charge in [0.05, 0.1) is 0 Å². The van der Waals surface area contributed by atoms with Gasteiger partial charge in [0.1, 0.15) is 0 Å². The Morgan fingerprint density at radius 1 is 1.30 bits per heavy atom. The van der Waals surface area contributed by atoms with Gasteiger partial charge in [0.2, 0.25) is 0 Å². The second-order valence-corrected chi connectivity index (χ2v) is 5.51. The Bertz CT molecular complexity index is 409. The summed E-state index contributed by atoms with van der Waals surface area (Å²) in [6.45, 7) is 8.54. The van der Waals surface area contributed by atoms with E-state index >= 15 is 0 Å². The average molecular weight is 275 g/mol. The van der Waals surface area contributed by atoms with Crippen LogP contribution in [0, 0.1) is 6.92 Å². The zero-order valence-corrected chi connectivity index (χ0v) is 13.6. The number of aryl methyl sites for hydroxylation is 1. The fraction of sp³-hybridized carbons (Fsp3) is 0.588. The lowest BCUT2D eigenvalue weighted by Crippen LogP contribution is -2.40. The van der Waals surface area contributed by atoms with Crippen LogP contribution in [0.1, 0.15) is 43.7 Å². The third-order valence-corrected chi connectivity index (χ3v) is 3.63. The van der Waals surface area contributed by atoms with Crippen LogP contribution in [0.4, 0.5) is 0 Å². The summed E-state index contributed by atoms with van der Waals surface area (Å²) in [6.07, 6.45) is 2.41. The Labute approximate surface area is 124 Å². The van der Waals surface area contributed by atoms with Crippen LogP contribution in [0.3, 0.4) is 0 Å². The third kappa shape index (κ3) is 5.24. The van der Waals surface area contributed by atoms with E-state index in [-0.39, 0.29) is 0 Å². The molecule has 112 valence electrons. The molecule has 3 heteroatoms.